The Morgan fingerprint density at radius 2 is 1.93 bits per heavy atom. The van der Waals surface area contributed by atoms with E-state index in [1.54, 1.807) is 11.5 Å². The van der Waals surface area contributed by atoms with Crippen molar-refractivity contribution in [2.75, 3.05) is 17.0 Å². The minimum absolute atomic E-state index is 0.0735. The normalized spacial score (nSPS) is 17.7. The number of phosphoric acid groups is 2. The van der Waals surface area contributed by atoms with Crippen LogP contribution in [0.15, 0.2) is 11.1 Å². The van der Waals surface area contributed by atoms with Crippen LogP contribution in [0.25, 0.3) is 11.2 Å². The molecule has 0 aliphatic rings. The Bertz CT molecular complexity index is 1080. The van der Waals surface area contributed by atoms with Gasteiger partial charge in [-0.05, 0) is 11.7 Å². The summed E-state index contributed by atoms with van der Waals surface area (Å²) in [4.78, 5) is 57.7. The van der Waals surface area contributed by atoms with Crippen molar-refractivity contribution < 1.29 is 41.9 Å². The number of anilines is 1. The minimum atomic E-state index is -5.44. The number of rotatable bonds is 10. The first kappa shape index (κ1) is 24.2. The number of fused-ring (bicyclic) bond motifs is 1. The molecule has 0 spiro atoms. The summed E-state index contributed by atoms with van der Waals surface area (Å²) in [5, 5.41) is 0. The third-order valence-electron chi connectivity index (χ3n) is 3.10. The summed E-state index contributed by atoms with van der Waals surface area (Å²) in [6.45, 7) is 2.11. The van der Waals surface area contributed by atoms with Gasteiger partial charge in [0.25, 0.3) is 5.56 Å². The molecule has 2 aromatic heterocycles. The van der Waals surface area contributed by atoms with Gasteiger partial charge >= 0.3 is 23.2 Å². The van der Waals surface area contributed by atoms with Crippen molar-refractivity contribution in [2.45, 2.75) is 13.5 Å². The zero-order chi connectivity index (χ0) is 22.0. The summed E-state index contributed by atoms with van der Waals surface area (Å²) in [6.07, 6.45) is 1.40. The lowest BCUT2D eigenvalue weighted by Gasteiger charge is -2.17. The molecule has 19 heteroatoms. The Balaban J connectivity index is 1.92. The number of nitrogens with one attached hydrogen (secondary N) is 1. The van der Waals surface area contributed by atoms with Gasteiger partial charge in [-0.15, -0.1) is 11.8 Å². The highest BCUT2D eigenvalue weighted by Crippen LogP contribution is 2.66. The van der Waals surface area contributed by atoms with Gasteiger partial charge < -0.3 is 29.9 Å². The van der Waals surface area contributed by atoms with Gasteiger partial charge in [-0.25, -0.2) is 18.4 Å². The highest BCUT2D eigenvalue weighted by molar-refractivity contribution is 8.04. The fourth-order valence-corrected chi connectivity index (χ4v) is 7.41. The van der Waals surface area contributed by atoms with Crippen LogP contribution in [0.4, 0.5) is 5.95 Å². The molecule has 0 amide bonds. The predicted molar refractivity (Wildman–Crippen MR) is 103 cm³/mol. The zero-order valence-corrected chi connectivity index (χ0v) is 18.2. The Morgan fingerprint density at radius 3 is 2.55 bits per heavy atom. The second kappa shape index (κ2) is 8.98. The van der Waals surface area contributed by atoms with Crippen molar-refractivity contribution in [2.24, 2.45) is 5.92 Å². The maximum atomic E-state index is 11.8. The number of hydrogen-bond donors (Lipinski definition) is 6. The van der Waals surface area contributed by atoms with E-state index >= 15 is 0 Å². The lowest BCUT2D eigenvalue weighted by atomic mass is 10.2. The molecule has 0 bridgehead atoms. The molecule has 0 aromatic carbocycles. The molecule has 15 nitrogen and oxygen atoms in total. The number of aromatic amines is 1. The number of nitrogens with two attached hydrogens (primary N) is 1. The van der Waals surface area contributed by atoms with Crippen LogP contribution in [0.3, 0.4) is 0 Å². The molecule has 164 valence electrons. The Labute approximate surface area is 167 Å². The van der Waals surface area contributed by atoms with E-state index in [1.165, 1.54) is 6.33 Å². The summed E-state index contributed by atoms with van der Waals surface area (Å²) in [5.41, 5.74) is 4.77. The molecule has 2 aromatic rings. The summed E-state index contributed by atoms with van der Waals surface area (Å²) < 4.78 is 42.8. The first-order valence-electron chi connectivity index (χ1n) is 7.59. The van der Waals surface area contributed by atoms with Crippen LogP contribution in [0.1, 0.15) is 6.92 Å². The van der Waals surface area contributed by atoms with E-state index in [9.17, 15) is 23.4 Å². The highest BCUT2D eigenvalue weighted by atomic mass is 32.2. The molecular formula is C10H18N5O10P3S. The number of hydrogen-bond acceptors (Lipinski definition) is 10. The van der Waals surface area contributed by atoms with E-state index in [0.29, 0.717) is 6.54 Å². The molecule has 0 saturated heterocycles. The van der Waals surface area contributed by atoms with Crippen molar-refractivity contribution >= 4 is 52.1 Å². The lowest BCUT2D eigenvalue weighted by Crippen LogP contribution is -2.14. The predicted octanol–water partition coefficient (Wildman–Crippen LogP) is 0.440. The molecule has 2 heterocycles. The van der Waals surface area contributed by atoms with Gasteiger partial charge in [0.1, 0.15) is 0 Å². The van der Waals surface area contributed by atoms with Gasteiger partial charge in [0.05, 0.1) is 11.8 Å². The number of imidazole rings is 1. The van der Waals surface area contributed by atoms with Crippen molar-refractivity contribution in [1.29, 1.82) is 0 Å². The van der Waals surface area contributed by atoms with Gasteiger partial charge in [0.15, 0.2) is 11.2 Å². The van der Waals surface area contributed by atoms with Crippen molar-refractivity contribution in [3.05, 3.63) is 16.7 Å². The van der Waals surface area contributed by atoms with E-state index in [0.717, 1.165) is 11.8 Å². The van der Waals surface area contributed by atoms with Crippen LogP contribution >= 0.6 is 35.0 Å². The monoisotopic (exact) mass is 493 g/mol. The quantitative estimate of drug-likeness (QED) is 0.246. The molecule has 7 N–H and O–H groups in total. The molecule has 0 saturated carbocycles. The van der Waals surface area contributed by atoms with E-state index in [4.69, 9.17) is 20.4 Å². The number of nitrogens with zero attached hydrogens (tertiary/aromatic N) is 3. The van der Waals surface area contributed by atoms with Crippen LogP contribution in [-0.2, 0) is 28.9 Å². The fourth-order valence-electron chi connectivity index (χ4n) is 2.20. The first-order chi connectivity index (χ1) is 13.2. The van der Waals surface area contributed by atoms with E-state index in [2.05, 4.69) is 23.6 Å². The third-order valence-corrected chi connectivity index (χ3v) is 9.46. The SMILES string of the molecule is CC(CSCP(=O)(O)OP(=O)(O)OP(=O)(O)O)Cn1cnc2c(=O)[nH]c(N)nc21. The lowest BCUT2D eigenvalue weighted by molar-refractivity contribution is 0.223. The summed E-state index contributed by atoms with van der Waals surface area (Å²) >= 11 is 0.894. The summed E-state index contributed by atoms with van der Waals surface area (Å²) in [5.74, 6) is 0.0732. The van der Waals surface area contributed by atoms with Crippen LogP contribution < -0.4 is 11.3 Å². The molecule has 0 radical (unpaired) electrons. The van der Waals surface area contributed by atoms with Crippen molar-refractivity contribution in [3.8, 4) is 0 Å². The first-order valence-corrected chi connectivity index (χ1v) is 13.5. The average molecular weight is 493 g/mol. The number of thioether (sulfide) groups is 1. The number of nitrogen functional groups attached to an aromatic ring is 1. The maximum absolute atomic E-state index is 11.8. The largest absolute Gasteiger partial charge is 0.488 e. The Kier molecular flexibility index (Phi) is 7.50. The van der Waals surface area contributed by atoms with Crippen molar-refractivity contribution in [3.63, 3.8) is 0 Å². The van der Waals surface area contributed by atoms with Crippen molar-refractivity contribution in [1.82, 2.24) is 19.5 Å². The second-order valence-electron chi connectivity index (χ2n) is 5.89. The molecule has 0 aliphatic carbocycles. The number of H-pyrrole nitrogens is 1. The van der Waals surface area contributed by atoms with E-state index in [1.807, 2.05) is 0 Å². The molecule has 2 rings (SSSR count). The maximum Gasteiger partial charge on any atom is 0.488 e. The molecule has 0 aliphatic heterocycles. The summed E-state index contributed by atoms with van der Waals surface area (Å²) in [6, 6.07) is 0. The second-order valence-corrected chi connectivity index (χ2v) is 12.2. The molecule has 0 fully saturated rings. The highest BCUT2D eigenvalue weighted by Gasteiger charge is 2.39. The Morgan fingerprint density at radius 1 is 1.28 bits per heavy atom. The number of aromatic nitrogens is 4. The van der Waals surface area contributed by atoms with Gasteiger partial charge in [-0.3, -0.25) is 14.3 Å². The Hall–Kier alpha value is -1.05. The van der Waals surface area contributed by atoms with Gasteiger partial charge in [-0.2, -0.15) is 9.29 Å². The van der Waals surface area contributed by atoms with Crippen LogP contribution in [0.5, 0.6) is 0 Å². The zero-order valence-electron chi connectivity index (χ0n) is 14.7. The molecular weight excluding hydrogens is 475 g/mol. The van der Waals surface area contributed by atoms with Crippen LogP contribution in [0, 0.1) is 5.92 Å². The van der Waals surface area contributed by atoms with Gasteiger partial charge in [0.2, 0.25) is 5.95 Å². The molecule has 3 atom stereocenters. The van der Waals surface area contributed by atoms with Crippen LogP contribution in [-0.4, -0.2) is 50.3 Å². The van der Waals surface area contributed by atoms with Gasteiger partial charge in [-0.1, -0.05) is 6.92 Å². The van der Waals surface area contributed by atoms with E-state index < -0.39 is 34.3 Å². The van der Waals surface area contributed by atoms with Crippen LogP contribution in [0.2, 0.25) is 0 Å². The summed E-state index contributed by atoms with van der Waals surface area (Å²) in [7, 11) is -15.5. The third kappa shape index (κ3) is 7.61. The topological polar surface area (TPSA) is 240 Å². The standard InChI is InChI=1S/C10H18N5O10P3S/c1-6(2-15-4-12-7-8(15)13-10(11)14-9(7)16)3-29-5-26(17,18)24-28(22,23)25-27(19,20)21/h4,6H,2-3,5H2,1H3,(H,17,18)(H,22,23)(H2,19,20,21)(H3,11,13,14,16). The smallest absolute Gasteiger partial charge is 0.369 e. The minimum Gasteiger partial charge on any atom is -0.369 e. The van der Waals surface area contributed by atoms with Gasteiger partial charge in [0, 0.05) is 6.54 Å². The average Bonchev–Trinajstić information content (AvgIpc) is 2.86. The molecule has 29 heavy (non-hydrogen) atoms. The van der Waals surface area contributed by atoms with E-state index in [-0.39, 0.29) is 28.8 Å². The molecule has 3 unspecified atom stereocenters. The fraction of sp³-hybridized carbons (Fsp3) is 0.500.